The smallest absolute Gasteiger partial charge is 0.512 e. The van der Waals surface area contributed by atoms with E-state index in [1.54, 1.807) is 0 Å². The second kappa shape index (κ2) is 13.2. The molecule has 0 amide bonds. The summed E-state index contributed by atoms with van der Waals surface area (Å²) in [5, 5.41) is 18.8. The minimum atomic E-state index is -1.79. The Morgan fingerprint density at radius 2 is 1.21 bits per heavy atom. The van der Waals surface area contributed by atoms with E-state index in [4.69, 9.17) is 4.65 Å². The van der Waals surface area contributed by atoms with Gasteiger partial charge in [0, 0.05) is 5.41 Å². The van der Waals surface area contributed by atoms with Crippen molar-refractivity contribution in [2.24, 2.45) is 0 Å². The maximum Gasteiger partial charge on any atom is 0.707 e. The Labute approximate surface area is 201 Å². The van der Waals surface area contributed by atoms with Crippen molar-refractivity contribution < 1.29 is 14.7 Å². The van der Waals surface area contributed by atoms with Crippen LogP contribution in [0, 0.1) is 0 Å². The van der Waals surface area contributed by atoms with Crippen LogP contribution in [0.2, 0.25) is 0 Å². The van der Waals surface area contributed by atoms with Crippen LogP contribution in [0.4, 0.5) is 0 Å². The molecule has 3 rings (SSSR count). The normalized spacial score (nSPS) is 13.6. The number of fused-ring (bicyclic) bond motifs is 3. The Morgan fingerprint density at radius 3 is 1.82 bits per heavy atom. The summed E-state index contributed by atoms with van der Waals surface area (Å²) >= 11 is 0. The van der Waals surface area contributed by atoms with E-state index in [1.165, 1.54) is 99.3 Å². The third kappa shape index (κ3) is 6.64. The molecule has 0 bridgehead atoms. The number of hydrogen-bond acceptors (Lipinski definition) is 3. The summed E-state index contributed by atoms with van der Waals surface area (Å²) < 4.78 is 5.28. The van der Waals surface area contributed by atoms with Gasteiger partial charge in [0.25, 0.3) is 0 Å². The summed E-state index contributed by atoms with van der Waals surface area (Å²) in [7, 11) is -1.79. The first-order valence-corrected chi connectivity index (χ1v) is 13.4. The Kier molecular flexibility index (Phi) is 10.3. The highest BCUT2D eigenvalue weighted by Crippen LogP contribution is 2.54. The van der Waals surface area contributed by atoms with Crippen LogP contribution in [-0.2, 0) is 5.41 Å². The Bertz CT molecular complexity index is 833. The molecule has 2 aromatic rings. The van der Waals surface area contributed by atoms with Crippen LogP contribution in [-0.4, -0.2) is 17.4 Å². The second-order valence-corrected chi connectivity index (χ2v) is 9.81. The molecule has 0 fully saturated rings. The maximum absolute atomic E-state index is 9.38. The molecule has 4 heteroatoms. The van der Waals surface area contributed by atoms with Crippen LogP contribution >= 0.6 is 0 Å². The van der Waals surface area contributed by atoms with E-state index in [-0.39, 0.29) is 5.41 Å². The summed E-state index contributed by atoms with van der Waals surface area (Å²) in [6.07, 6.45) is 17.8. The molecule has 0 aromatic heterocycles. The number of benzene rings is 2. The highest BCUT2D eigenvalue weighted by molar-refractivity contribution is 6.33. The Hall–Kier alpha value is -1.78. The standard InChI is InChI=1S/C29H43BO3/c1-3-5-7-9-11-15-21-29(22-16-12-10-8-6-4-2)27-18-14-13-17-25(27)26-20-19-24(23-28(26)29)33-30(31)32/h13-14,17-20,23,31-32H,3-12,15-16,21-22H2,1-2H3. The third-order valence-corrected chi connectivity index (χ3v) is 7.40. The molecule has 2 N–H and O–H groups in total. The Balaban J connectivity index is 1.86. The first-order valence-electron chi connectivity index (χ1n) is 13.4. The van der Waals surface area contributed by atoms with E-state index < -0.39 is 7.32 Å². The van der Waals surface area contributed by atoms with Crippen LogP contribution in [0.1, 0.15) is 115 Å². The summed E-state index contributed by atoms with van der Waals surface area (Å²) in [6.45, 7) is 4.54. The molecule has 0 saturated carbocycles. The van der Waals surface area contributed by atoms with Crippen LogP contribution in [0.15, 0.2) is 42.5 Å². The van der Waals surface area contributed by atoms with Crippen molar-refractivity contribution in [3.8, 4) is 16.9 Å². The van der Waals surface area contributed by atoms with Gasteiger partial charge >= 0.3 is 7.32 Å². The molecule has 0 atom stereocenters. The minimum absolute atomic E-state index is 0.0127. The quantitative estimate of drug-likeness (QED) is 0.203. The molecule has 2 aromatic carbocycles. The van der Waals surface area contributed by atoms with Gasteiger partial charge in [-0.1, -0.05) is 121 Å². The molecule has 3 nitrogen and oxygen atoms in total. The maximum atomic E-state index is 9.38. The van der Waals surface area contributed by atoms with Gasteiger partial charge in [-0.3, -0.25) is 0 Å². The van der Waals surface area contributed by atoms with E-state index in [2.05, 4.69) is 50.2 Å². The molecule has 180 valence electrons. The predicted octanol–water partition coefficient (Wildman–Crippen LogP) is 7.80. The second-order valence-electron chi connectivity index (χ2n) is 9.81. The van der Waals surface area contributed by atoms with Gasteiger partial charge in [0.05, 0.1) is 0 Å². The van der Waals surface area contributed by atoms with Gasteiger partial charge < -0.3 is 14.7 Å². The molecule has 33 heavy (non-hydrogen) atoms. The average Bonchev–Trinajstić information content (AvgIpc) is 3.08. The van der Waals surface area contributed by atoms with Gasteiger partial charge in [0.15, 0.2) is 0 Å². The lowest BCUT2D eigenvalue weighted by Crippen LogP contribution is -2.26. The van der Waals surface area contributed by atoms with E-state index in [9.17, 15) is 10.0 Å². The van der Waals surface area contributed by atoms with Gasteiger partial charge in [-0.05, 0) is 47.2 Å². The third-order valence-electron chi connectivity index (χ3n) is 7.40. The number of hydrogen-bond donors (Lipinski definition) is 2. The first kappa shape index (κ1) is 25.8. The van der Waals surface area contributed by atoms with Crippen molar-refractivity contribution in [1.82, 2.24) is 0 Å². The zero-order valence-corrected chi connectivity index (χ0v) is 20.8. The Morgan fingerprint density at radius 1 is 0.667 bits per heavy atom. The van der Waals surface area contributed by atoms with Gasteiger partial charge in [-0.25, -0.2) is 0 Å². The van der Waals surface area contributed by atoms with E-state index in [0.717, 1.165) is 12.8 Å². The van der Waals surface area contributed by atoms with Crippen molar-refractivity contribution in [2.75, 3.05) is 0 Å². The molecule has 0 heterocycles. The monoisotopic (exact) mass is 450 g/mol. The van der Waals surface area contributed by atoms with Crippen LogP contribution in [0.3, 0.4) is 0 Å². The van der Waals surface area contributed by atoms with Crippen molar-refractivity contribution in [1.29, 1.82) is 0 Å². The highest BCUT2D eigenvalue weighted by Gasteiger charge is 2.42. The van der Waals surface area contributed by atoms with Crippen molar-refractivity contribution in [3.63, 3.8) is 0 Å². The van der Waals surface area contributed by atoms with Crippen LogP contribution in [0.5, 0.6) is 5.75 Å². The molecule has 0 unspecified atom stereocenters. The van der Waals surface area contributed by atoms with E-state index in [1.807, 2.05) is 6.07 Å². The van der Waals surface area contributed by atoms with E-state index >= 15 is 0 Å². The topological polar surface area (TPSA) is 49.7 Å². The lowest BCUT2D eigenvalue weighted by Gasteiger charge is -2.33. The summed E-state index contributed by atoms with van der Waals surface area (Å²) in [6, 6.07) is 14.9. The lowest BCUT2D eigenvalue weighted by molar-refractivity contribution is 0.287. The van der Waals surface area contributed by atoms with Crippen molar-refractivity contribution >= 4 is 7.32 Å². The lowest BCUT2D eigenvalue weighted by atomic mass is 9.70. The van der Waals surface area contributed by atoms with Gasteiger partial charge in [-0.2, -0.15) is 0 Å². The minimum Gasteiger partial charge on any atom is -0.512 e. The molecule has 0 radical (unpaired) electrons. The molecule has 0 spiro atoms. The van der Waals surface area contributed by atoms with Crippen molar-refractivity contribution in [3.05, 3.63) is 53.6 Å². The number of rotatable bonds is 16. The highest BCUT2D eigenvalue weighted by atomic mass is 16.6. The largest absolute Gasteiger partial charge is 0.707 e. The molecule has 1 aliphatic rings. The zero-order chi connectivity index (χ0) is 23.5. The van der Waals surface area contributed by atoms with Gasteiger partial charge in [0.2, 0.25) is 0 Å². The SMILES string of the molecule is CCCCCCCCC1(CCCCCCCC)c2ccccc2-c2ccc(OB(O)O)cc21. The molecular formula is C29H43BO3. The first-order chi connectivity index (χ1) is 16.1. The van der Waals surface area contributed by atoms with Gasteiger partial charge in [-0.15, -0.1) is 0 Å². The fourth-order valence-corrected chi connectivity index (χ4v) is 5.71. The number of unbranched alkanes of at least 4 members (excludes halogenated alkanes) is 10. The fraction of sp³-hybridized carbons (Fsp3) is 0.586. The molecular weight excluding hydrogens is 407 g/mol. The van der Waals surface area contributed by atoms with Gasteiger partial charge in [0.1, 0.15) is 5.75 Å². The van der Waals surface area contributed by atoms with Crippen molar-refractivity contribution in [2.45, 2.75) is 109 Å². The molecule has 1 aliphatic carbocycles. The summed E-state index contributed by atoms with van der Waals surface area (Å²) in [5.74, 6) is 0.534. The van der Waals surface area contributed by atoms with E-state index in [0.29, 0.717) is 5.75 Å². The molecule has 0 aliphatic heterocycles. The molecule has 0 saturated heterocycles. The van der Waals surface area contributed by atoms with Crippen LogP contribution < -0.4 is 4.65 Å². The summed E-state index contributed by atoms with van der Waals surface area (Å²) in [4.78, 5) is 0. The predicted molar refractivity (Wildman–Crippen MR) is 139 cm³/mol. The van der Waals surface area contributed by atoms with Crippen LogP contribution in [0.25, 0.3) is 11.1 Å². The average molecular weight is 450 g/mol. The summed E-state index contributed by atoms with van der Waals surface area (Å²) in [5.41, 5.74) is 5.36. The fourth-order valence-electron chi connectivity index (χ4n) is 5.71. The zero-order valence-electron chi connectivity index (χ0n) is 20.8.